The van der Waals surface area contributed by atoms with Crippen LogP contribution in [0.5, 0.6) is 0 Å². The molecule has 1 aromatic rings. The molecule has 0 saturated carbocycles. The van der Waals surface area contributed by atoms with Crippen LogP contribution in [0.1, 0.15) is 17.3 Å². The number of carboxylic acids is 1. The second-order valence-electron chi connectivity index (χ2n) is 2.14. The summed E-state index contributed by atoms with van der Waals surface area (Å²) >= 11 is 3.96. The lowest BCUT2D eigenvalue weighted by molar-refractivity contribution is 0.0693. The van der Waals surface area contributed by atoms with E-state index in [4.69, 9.17) is 10.2 Å². The van der Waals surface area contributed by atoms with Crippen molar-refractivity contribution in [1.82, 2.24) is 0 Å². The molecule has 0 saturated heterocycles. The molecule has 0 radical (unpaired) electrons. The third kappa shape index (κ3) is 4.55. The van der Waals surface area contributed by atoms with Gasteiger partial charge in [-0.05, 0) is 19.1 Å². The standard InChI is InChI=1S/C7H6O2S.C2H6O/c8-7(9)5-3-1-2-4-6(5)10;1-2-3/h1-4,10H,(H,8,9);3H,2H2,1H3. The molecule has 2 N–H and O–H groups in total. The normalized spacial score (nSPS) is 8.54. The Bertz CT molecular complexity index is 273. The van der Waals surface area contributed by atoms with Gasteiger partial charge in [-0.25, -0.2) is 4.79 Å². The summed E-state index contributed by atoms with van der Waals surface area (Å²) in [5.74, 6) is -0.939. The van der Waals surface area contributed by atoms with E-state index in [0.717, 1.165) is 0 Å². The molecular formula is C9H12O3S. The Labute approximate surface area is 82.4 Å². The molecule has 0 aliphatic rings. The largest absolute Gasteiger partial charge is 0.478 e. The van der Waals surface area contributed by atoms with Crippen molar-refractivity contribution in [2.45, 2.75) is 11.8 Å². The molecule has 0 spiro atoms. The number of carbonyl (C=O) groups is 1. The van der Waals surface area contributed by atoms with Gasteiger partial charge in [-0.15, -0.1) is 12.6 Å². The van der Waals surface area contributed by atoms with Gasteiger partial charge in [0.2, 0.25) is 0 Å². The van der Waals surface area contributed by atoms with Gasteiger partial charge in [0.15, 0.2) is 0 Å². The molecule has 0 aliphatic carbocycles. The first-order chi connectivity index (χ1) is 6.13. The third-order valence-corrected chi connectivity index (χ3v) is 1.52. The molecule has 3 nitrogen and oxygen atoms in total. The maximum absolute atomic E-state index is 10.4. The molecule has 0 amide bonds. The van der Waals surface area contributed by atoms with Crippen molar-refractivity contribution >= 4 is 18.6 Å². The highest BCUT2D eigenvalue weighted by atomic mass is 32.1. The first-order valence-corrected chi connectivity index (χ1v) is 4.20. The maximum Gasteiger partial charge on any atom is 0.336 e. The highest BCUT2D eigenvalue weighted by Gasteiger charge is 2.03. The van der Waals surface area contributed by atoms with Crippen molar-refractivity contribution in [1.29, 1.82) is 0 Å². The first kappa shape index (κ1) is 12.0. The van der Waals surface area contributed by atoms with E-state index in [0.29, 0.717) is 4.90 Å². The van der Waals surface area contributed by atoms with Crippen LogP contribution >= 0.6 is 12.6 Å². The van der Waals surface area contributed by atoms with Crippen LogP contribution in [-0.4, -0.2) is 22.8 Å². The van der Waals surface area contributed by atoms with Crippen molar-refractivity contribution in [3.63, 3.8) is 0 Å². The molecule has 0 atom stereocenters. The fourth-order valence-corrected chi connectivity index (χ4v) is 0.911. The van der Waals surface area contributed by atoms with Crippen LogP contribution in [0.2, 0.25) is 0 Å². The smallest absolute Gasteiger partial charge is 0.336 e. The minimum atomic E-state index is -0.939. The summed E-state index contributed by atoms with van der Waals surface area (Å²) in [6.07, 6.45) is 0. The van der Waals surface area contributed by atoms with Crippen LogP contribution in [0.15, 0.2) is 29.2 Å². The summed E-state index contributed by atoms with van der Waals surface area (Å²) in [7, 11) is 0. The minimum absolute atomic E-state index is 0.242. The van der Waals surface area contributed by atoms with Crippen molar-refractivity contribution < 1.29 is 15.0 Å². The zero-order valence-corrected chi connectivity index (χ0v) is 8.16. The molecule has 0 unspecified atom stereocenters. The Morgan fingerprint density at radius 1 is 1.46 bits per heavy atom. The van der Waals surface area contributed by atoms with Crippen LogP contribution in [-0.2, 0) is 0 Å². The number of aliphatic hydroxyl groups is 1. The summed E-state index contributed by atoms with van der Waals surface area (Å²) in [5, 5.41) is 16.1. The van der Waals surface area contributed by atoms with E-state index in [1.54, 1.807) is 25.1 Å². The summed E-state index contributed by atoms with van der Waals surface area (Å²) < 4.78 is 0. The number of aliphatic hydroxyl groups excluding tert-OH is 1. The maximum atomic E-state index is 10.4. The van der Waals surface area contributed by atoms with Crippen LogP contribution < -0.4 is 0 Å². The van der Waals surface area contributed by atoms with Crippen LogP contribution in [0.4, 0.5) is 0 Å². The molecule has 0 fully saturated rings. The van der Waals surface area contributed by atoms with E-state index < -0.39 is 5.97 Å². The SMILES string of the molecule is CCO.O=C(O)c1ccccc1S. The van der Waals surface area contributed by atoms with Gasteiger partial charge in [-0.1, -0.05) is 12.1 Å². The number of aromatic carboxylic acids is 1. The lowest BCUT2D eigenvalue weighted by Gasteiger charge is -1.95. The van der Waals surface area contributed by atoms with E-state index in [2.05, 4.69) is 12.6 Å². The molecular weight excluding hydrogens is 188 g/mol. The van der Waals surface area contributed by atoms with E-state index in [1.807, 2.05) is 0 Å². The highest BCUT2D eigenvalue weighted by molar-refractivity contribution is 7.80. The monoisotopic (exact) mass is 200 g/mol. The topological polar surface area (TPSA) is 57.5 Å². The van der Waals surface area contributed by atoms with Gasteiger partial charge < -0.3 is 10.2 Å². The molecule has 4 heteroatoms. The van der Waals surface area contributed by atoms with E-state index in [9.17, 15) is 4.79 Å². The molecule has 1 aromatic carbocycles. The predicted octanol–water partition coefficient (Wildman–Crippen LogP) is 1.67. The average Bonchev–Trinajstić information content (AvgIpc) is 2.06. The van der Waals surface area contributed by atoms with Crippen molar-refractivity contribution in [3.05, 3.63) is 29.8 Å². The van der Waals surface area contributed by atoms with Crippen molar-refractivity contribution in [2.24, 2.45) is 0 Å². The molecule has 1 rings (SSSR count). The fourth-order valence-electron chi connectivity index (χ4n) is 0.654. The fraction of sp³-hybridized carbons (Fsp3) is 0.222. The van der Waals surface area contributed by atoms with Crippen molar-refractivity contribution in [3.8, 4) is 0 Å². The number of rotatable bonds is 1. The van der Waals surface area contributed by atoms with E-state index >= 15 is 0 Å². The summed E-state index contributed by atoms with van der Waals surface area (Å²) in [6, 6.07) is 6.58. The Hall–Kier alpha value is -1.00. The second kappa shape index (κ2) is 6.51. The quantitative estimate of drug-likeness (QED) is 0.604. The Balaban J connectivity index is 0.000000424. The predicted molar refractivity (Wildman–Crippen MR) is 53.4 cm³/mol. The van der Waals surface area contributed by atoms with Gasteiger partial charge in [0.05, 0.1) is 5.56 Å². The first-order valence-electron chi connectivity index (χ1n) is 3.75. The number of carboxylic acid groups (broad SMARTS) is 1. The number of thiol groups is 1. The molecule has 0 bridgehead atoms. The van der Waals surface area contributed by atoms with Crippen LogP contribution in [0.25, 0.3) is 0 Å². The number of benzene rings is 1. The average molecular weight is 200 g/mol. The lowest BCUT2D eigenvalue weighted by Crippen LogP contribution is -1.96. The van der Waals surface area contributed by atoms with Crippen LogP contribution in [0.3, 0.4) is 0 Å². The molecule has 13 heavy (non-hydrogen) atoms. The van der Waals surface area contributed by atoms with Gasteiger partial charge in [0.25, 0.3) is 0 Å². The van der Waals surface area contributed by atoms with Crippen molar-refractivity contribution in [2.75, 3.05) is 6.61 Å². The second-order valence-corrected chi connectivity index (χ2v) is 2.62. The Morgan fingerprint density at radius 2 is 1.92 bits per heavy atom. The van der Waals surface area contributed by atoms with Gasteiger partial charge in [0.1, 0.15) is 0 Å². The van der Waals surface area contributed by atoms with Gasteiger partial charge in [-0.3, -0.25) is 0 Å². The lowest BCUT2D eigenvalue weighted by atomic mass is 10.2. The number of hydrogen-bond donors (Lipinski definition) is 3. The highest BCUT2D eigenvalue weighted by Crippen LogP contribution is 2.11. The van der Waals surface area contributed by atoms with Gasteiger partial charge >= 0.3 is 5.97 Å². The molecule has 72 valence electrons. The zero-order valence-electron chi connectivity index (χ0n) is 7.27. The van der Waals surface area contributed by atoms with E-state index in [1.165, 1.54) is 6.07 Å². The van der Waals surface area contributed by atoms with Gasteiger partial charge in [0, 0.05) is 11.5 Å². The third-order valence-electron chi connectivity index (χ3n) is 1.13. The molecule has 0 aromatic heterocycles. The van der Waals surface area contributed by atoms with E-state index in [-0.39, 0.29) is 12.2 Å². The number of hydrogen-bond acceptors (Lipinski definition) is 3. The summed E-state index contributed by atoms with van der Waals surface area (Å²) in [6.45, 7) is 1.93. The Morgan fingerprint density at radius 3 is 2.23 bits per heavy atom. The molecule has 0 aliphatic heterocycles. The zero-order chi connectivity index (χ0) is 10.3. The van der Waals surface area contributed by atoms with Gasteiger partial charge in [-0.2, -0.15) is 0 Å². The van der Waals surface area contributed by atoms with Crippen LogP contribution in [0, 0.1) is 0 Å². The minimum Gasteiger partial charge on any atom is -0.478 e. The molecule has 0 heterocycles. The Kier molecular flexibility index (Phi) is 6.01. The summed E-state index contributed by atoms with van der Waals surface area (Å²) in [5.41, 5.74) is 0.242. The summed E-state index contributed by atoms with van der Waals surface area (Å²) in [4.78, 5) is 10.9.